The number of carbonyl (C=O) groups excluding carboxylic acids is 2. The molecule has 2 aromatic rings. The Balaban J connectivity index is 1.57. The van der Waals surface area contributed by atoms with E-state index in [1.807, 2.05) is 24.3 Å². The van der Waals surface area contributed by atoms with Crippen LogP contribution in [-0.4, -0.2) is 48.1 Å². The predicted molar refractivity (Wildman–Crippen MR) is 105 cm³/mol. The van der Waals surface area contributed by atoms with Gasteiger partial charge in [-0.2, -0.15) is 0 Å². The van der Waals surface area contributed by atoms with Gasteiger partial charge in [0.2, 0.25) is 5.91 Å². The molecule has 3 atom stereocenters. The van der Waals surface area contributed by atoms with Crippen molar-refractivity contribution >= 4 is 29.1 Å². The summed E-state index contributed by atoms with van der Waals surface area (Å²) >= 11 is 6.06. The van der Waals surface area contributed by atoms with Crippen LogP contribution in [0.25, 0.3) is 0 Å². The Kier molecular flexibility index (Phi) is 4.16. The minimum absolute atomic E-state index is 0.155. The number of anilines is 1. The van der Waals surface area contributed by atoms with Crippen LogP contribution in [0, 0.1) is 5.92 Å². The normalized spacial score (nSPS) is 27.4. The molecule has 3 aliphatic rings. The Morgan fingerprint density at radius 3 is 2.39 bits per heavy atom. The van der Waals surface area contributed by atoms with Crippen molar-refractivity contribution in [2.75, 3.05) is 25.1 Å². The predicted octanol–water partition coefficient (Wildman–Crippen LogP) is 2.88. The minimum atomic E-state index is -0.457. The summed E-state index contributed by atoms with van der Waals surface area (Å²) in [6, 6.07) is 14.1. The van der Waals surface area contributed by atoms with E-state index >= 15 is 0 Å². The molecule has 2 aromatic carbocycles. The first-order valence-electron chi connectivity index (χ1n) is 9.40. The van der Waals surface area contributed by atoms with Crippen molar-refractivity contribution in [3.8, 4) is 5.75 Å². The monoisotopic (exact) mass is 397 g/mol. The molecular formula is C21H20ClN3O3. The first kappa shape index (κ1) is 17.7. The fourth-order valence-corrected chi connectivity index (χ4v) is 4.90. The Hall–Kier alpha value is -2.41. The third kappa shape index (κ3) is 2.49. The summed E-state index contributed by atoms with van der Waals surface area (Å²) in [5, 5.41) is 4.94. The average Bonchev–Trinajstić information content (AvgIpc) is 3.35. The van der Waals surface area contributed by atoms with E-state index in [2.05, 4.69) is 10.0 Å². The third-order valence-electron chi connectivity index (χ3n) is 5.93. The molecule has 28 heavy (non-hydrogen) atoms. The van der Waals surface area contributed by atoms with Crippen LogP contribution in [0.3, 0.4) is 0 Å². The standard InChI is InChI=1S/C21H20ClN3O3/c1-28-16-5-2-4-15(12-16)25-20(26)17-18(13-6-8-14(22)9-7-13)23-10-3-11-24(23)19(17)21(25)27/h2,4-9,12,17-19H,3,10-11H2,1H3/t17-,18-,19+/m1/s1. The molecule has 6 nitrogen and oxygen atoms in total. The summed E-state index contributed by atoms with van der Waals surface area (Å²) in [6.07, 6.45) is 0.980. The molecule has 3 fully saturated rings. The fraction of sp³-hybridized carbons (Fsp3) is 0.333. The molecule has 0 saturated carbocycles. The van der Waals surface area contributed by atoms with Crippen molar-refractivity contribution in [2.24, 2.45) is 5.92 Å². The lowest BCUT2D eigenvalue weighted by molar-refractivity contribution is -0.126. The van der Waals surface area contributed by atoms with Gasteiger partial charge < -0.3 is 4.74 Å². The number of amides is 2. The Labute approximate surface area is 168 Å². The lowest BCUT2D eigenvalue weighted by atomic mass is 9.90. The molecule has 0 unspecified atom stereocenters. The molecule has 0 spiro atoms. The van der Waals surface area contributed by atoms with Crippen LogP contribution in [0.1, 0.15) is 18.0 Å². The molecule has 3 heterocycles. The van der Waals surface area contributed by atoms with Crippen molar-refractivity contribution in [3.05, 3.63) is 59.1 Å². The zero-order valence-electron chi connectivity index (χ0n) is 15.4. The van der Waals surface area contributed by atoms with Gasteiger partial charge in [-0.05, 0) is 36.2 Å². The van der Waals surface area contributed by atoms with E-state index in [-0.39, 0.29) is 17.9 Å². The molecule has 0 bridgehead atoms. The number of ether oxygens (including phenoxy) is 1. The number of benzene rings is 2. The van der Waals surface area contributed by atoms with Gasteiger partial charge in [-0.3, -0.25) is 9.59 Å². The summed E-state index contributed by atoms with van der Waals surface area (Å²) < 4.78 is 5.27. The summed E-state index contributed by atoms with van der Waals surface area (Å²) in [5.41, 5.74) is 1.57. The van der Waals surface area contributed by atoms with Gasteiger partial charge in [0.25, 0.3) is 5.91 Å². The highest BCUT2D eigenvalue weighted by molar-refractivity contribution is 6.30. The van der Waals surface area contributed by atoms with Gasteiger partial charge in [0.15, 0.2) is 0 Å². The largest absolute Gasteiger partial charge is 0.497 e. The number of halogens is 1. The first-order valence-corrected chi connectivity index (χ1v) is 9.78. The highest BCUT2D eigenvalue weighted by Crippen LogP contribution is 2.49. The second kappa shape index (κ2) is 6.58. The molecule has 3 aliphatic heterocycles. The van der Waals surface area contributed by atoms with Gasteiger partial charge in [0.1, 0.15) is 11.8 Å². The van der Waals surface area contributed by atoms with Crippen molar-refractivity contribution < 1.29 is 14.3 Å². The van der Waals surface area contributed by atoms with Crippen molar-refractivity contribution in [2.45, 2.75) is 18.5 Å². The van der Waals surface area contributed by atoms with Crippen molar-refractivity contribution in [1.82, 2.24) is 10.0 Å². The Morgan fingerprint density at radius 2 is 1.68 bits per heavy atom. The Bertz CT molecular complexity index is 948. The molecule has 7 heteroatoms. The Morgan fingerprint density at radius 1 is 0.964 bits per heavy atom. The molecule has 0 N–H and O–H groups in total. The maximum Gasteiger partial charge on any atom is 0.253 e. The second-order valence-electron chi connectivity index (χ2n) is 7.36. The van der Waals surface area contributed by atoms with Gasteiger partial charge in [0, 0.05) is 24.2 Å². The number of hydrogen-bond donors (Lipinski definition) is 0. The van der Waals surface area contributed by atoms with Crippen molar-refractivity contribution in [1.29, 1.82) is 0 Å². The highest BCUT2D eigenvalue weighted by Gasteiger charge is 2.62. The molecular weight excluding hydrogens is 378 g/mol. The van der Waals surface area contributed by atoms with Crippen LogP contribution in [0.2, 0.25) is 5.02 Å². The summed E-state index contributed by atoms with van der Waals surface area (Å²) in [5.74, 6) is -0.128. The van der Waals surface area contributed by atoms with E-state index in [9.17, 15) is 9.59 Å². The van der Waals surface area contributed by atoms with Crippen LogP contribution in [0.15, 0.2) is 48.5 Å². The molecule has 0 aliphatic carbocycles. The van der Waals surface area contributed by atoms with Gasteiger partial charge in [0.05, 0.1) is 24.8 Å². The van der Waals surface area contributed by atoms with E-state index in [0.29, 0.717) is 16.5 Å². The quantitative estimate of drug-likeness (QED) is 0.745. The number of hydrogen-bond acceptors (Lipinski definition) is 5. The number of nitrogens with zero attached hydrogens (tertiary/aromatic N) is 3. The summed E-state index contributed by atoms with van der Waals surface area (Å²) in [6.45, 7) is 1.64. The van der Waals surface area contributed by atoms with Gasteiger partial charge in [-0.25, -0.2) is 14.9 Å². The summed E-state index contributed by atoms with van der Waals surface area (Å²) in [7, 11) is 1.57. The second-order valence-corrected chi connectivity index (χ2v) is 7.80. The minimum Gasteiger partial charge on any atom is -0.497 e. The molecule has 0 radical (unpaired) electrons. The van der Waals surface area contributed by atoms with E-state index in [1.165, 1.54) is 4.90 Å². The van der Waals surface area contributed by atoms with Gasteiger partial charge in [-0.15, -0.1) is 0 Å². The molecule has 3 saturated heterocycles. The number of methoxy groups -OCH3 is 1. The molecule has 2 amide bonds. The van der Waals surface area contributed by atoms with Crippen LogP contribution < -0.4 is 9.64 Å². The van der Waals surface area contributed by atoms with E-state index < -0.39 is 12.0 Å². The summed E-state index contributed by atoms with van der Waals surface area (Å²) in [4.78, 5) is 28.1. The number of carbonyl (C=O) groups is 2. The topological polar surface area (TPSA) is 53.1 Å². The molecule has 0 aromatic heterocycles. The van der Waals surface area contributed by atoms with E-state index in [4.69, 9.17) is 16.3 Å². The maximum atomic E-state index is 13.5. The van der Waals surface area contributed by atoms with Gasteiger partial charge in [-0.1, -0.05) is 29.8 Å². The van der Waals surface area contributed by atoms with Crippen LogP contribution in [-0.2, 0) is 9.59 Å². The lowest BCUT2D eigenvalue weighted by Gasteiger charge is -2.29. The third-order valence-corrected chi connectivity index (χ3v) is 6.18. The number of imide groups is 1. The SMILES string of the molecule is COc1cccc(N2C(=O)[C@H]3[C@@H](C2=O)N2CCCN2[C@@H]3c2ccc(Cl)cc2)c1. The highest BCUT2D eigenvalue weighted by atomic mass is 35.5. The molecule has 5 rings (SSSR count). The lowest BCUT2D eigenvalue weighted by Crippen LogP contribution is -2.44. The molecule has 144 valence electrons. The van der Waals surface area contributed by atoms with Crippen LogP contribution >= 0.6 is 11.6 Å². The smallest absolute Gasteiger partial charge is 0.253 e. The number of rotatable bonds is 3. The van der Waals surface area contributed by atoms with Crippen LogP contribution in [0.5, 0.6) is 5.75 Å². The van der Waals surface area contributed by atoms with Crippen molar-refractivity contribution in [3.63, 3.8) is 0 Å². The zero-order valence-corrected chi connectivity index (χ0v) is 16.2. The van der Waals surface area contributed by atoms with E-state index in [0.717, 1.165) is 25.1 Å². The van der Waals surface area contributed by atoms with Crippen LogP contribution in [0.4, 0.5) is 5.69 Å². The first-order chi connectivity index (χ1) is 13.6. The fourth-order valence-electron chi connectivity index (χ4n) is 4.78. The maximum absolute atomic E-state index is 13.5. The van der Waals surface area contributed by atoms with Gasteiger partial charge >= 0.3 is 0 Å². The average molecular weight is 398 g/mol. The number of fused-ring (bicyclic) bond motifs is 3. The number of hydrazine groups is 1. The zero-order chi connectivity index (χ0) is 19.4. The van der Waals surface area contributed by atoms with E-state index in [1.54, 1.807) is 31.4 Å².